The molecule has 0 heterocycles. The molecule has 1 aliphatic rings. The first kappa shape index (κ1) is 20.9. The first-order chi connectivity index (χ1) is 12.4. The largest absolute Gasteiger partial charge is 0.384 e. The van der Waals surface area contributed by atoms with Gasteiger partial charge in [-0.3, -0.25) is 15.0 Å². The van der Waals surface area contributed by atoms with Crippen molar-refractivity contribution in [2.45, 2.75) is 26.2 Å². The summed E-state index contributed by atoms with van der Waals surface area (Å²) in [5, 5.41) is 10.5. The van der Waals surface area contributed by atoms with Crippen LogP contribution in [0.25, 0.3) is 0 Å². The van der Waals surface area contributed by atoms with Crippen LogP contribution in [0.5, 0.6) is 0 Å². The Hall–Kier alpha value is -2.37. The highest BCUT2D eigenvalue weighted by atomic mass is 35.5. The fraction of sp³-hybridized carbons (Fsp3) is 0.250. The smallest absolute Gasteiger partial charge is 0.257 e. The van der Waals surface area contributed by atoms with Crippen LogP contribution in [0.2, 0.25) is 5.02 Å². The molecule has 142 valence electrons. The van der Waals surface area contributed by atoms with Gasteiger partial charge in [0.1, 0.15) is 5.84 Å². The highest BCUT2D eigenvalue weighted by Crippen LogP contribution is 2.30. The molecule has 1 unspecified atom stereocenters. The van der Waals surface area contributed by atoms with Crippen LogP contribution in [0.4, 0.5) is 5.69 Å². The van der Waals surface area contributed by atoms with E-state index in [9.17, 15) is 9.59 Å². The van der Waals surface area contributed by atoms with Crippen molar-refractivity contribution in [3.8, 4) is 0 Å². The number of amides is 1. The Morgan fingerprint density at radius 3 is 2.67 bits per heavy atom. The number of hydrogen-bond acceptors (Lipinski definition) is 3. The molecule has 0 bridgehead atoms. The lowest BCUT2D eigenvalue weighted by Crippen LogP contribution is -2.22. The SMILES string of the molecule is CCC1CCc2cc(NC(=O)c3ccc(C(=N)N)cc3Cl)ccc2C1=O.Cl. The van der Waals surface area contributed by atoms with Crippen molar-refractivity contribution < 1.29 is 9.59 Å². The van der Waals surface area contributed by atoms with E-state index < -0.39 is 0 Å². The van der Waals surface area contributed by atoms with Crippen LogP contribution in [0, 0.1) is 11.3 Å². The first-order valence-corrected chi connectivity index (χ1v) is 8.91. The lowest BCUT2D eigenvalue weighted by atomic mass is 9.81. The van der Waals surface area contributed by atoms with Crippen molar-refractivity contribution in [2.24, 2.45) is 11.7 Å². The number of carbonyl (C=O) groups is 2. The fourth-order valence-electron chi connectivity index (χ4n) is 3.25. The molecule has 1 aliphatic carbocycles. The summed E-state index contributed by atoms with van der Waals surface area (Å²) in [6.45, 7) is 2.03. The van der Waals surface area contributed by atoms with Gasteiger partial charge in [-0.2, -0.15) is 0 Å². The average Bonchev–Trinajstić information content (AvgIpc) is 2.61. The monoisotopic (exact) mass is 405 g/mol. The second-order valence-corrected chi connectivity index (χ2v) is 6.85. The molecule has 3 rings (SSSR count). The zero-order valence-corrected chi connectivity index (χ0v) is 16.4. The minimum atomic E-state index is -0.348. The van der Waals surface area contributed by atoms with Gasteiger partial charge in [-0.1, -0.05) is 24.6 Å². The molecule has 5 nitrogen and oxygen atoms in total. The molecule has 2 aromatic carbocycles. The zero-order chi connectivity index (χ0) is 18.8. The number of aryl methyl sites for hydroxylation is 1. The Balaban J connectivity index is 0.00000261. The maximum atomic E-state index is 12.5. The van der Waals surface area contributed by atoms with Crippen molar-refractivity contribution >= 4 is 47.2 Å². The summed E-state index contributed by atoms with van der Waals surface area (Å²) in [4.78, 5) is 24.9. The number of rotatable bonds is 4. The number of amidine groups is 1. The zero-order valence-electron chi connectivity index (χ0n) is 14.8. The van der Waals surface area contributed by atoms with Gasteiger partial charge >= 0.3 is 0 Å². The number of hydrogen-bond donors (Lipinski definition) is 3. The van der Waals surface area contributed by atoms with Gasteiger partial charge in [0.15, 0.2) is 5.78 Å². The van der Waals surface area contributed by atoms with Crippen molar-refractivity contribution in [3.63, 3.8) is 0 Å². The molecule has 1 atom stereocenters. The van der Waals surface area contributed by atoms with Gasteiger partial charge in [-0.15, -0.1) is 12.4 Å². The average molecular weight is 406 g/mol. The summed E-state index contributed by atoms with van der Waals surface area (Å²) >= 11 is 6.14. The Morgan fingerprint density at radius 1 is 1.30 bits per heavy atom. The van der Waals surface area contributed by atoms with Crippen LogP contribution in [0.3, 0.4) is 0 Å². The molecule has 0 radical (unpaired) electrons. The topological polar surface area (TPSA) is 96.0 Å². The molecule has 1 amide bonds. The van der Waals surface area contributed by atoms with E-state index in [1.165, 1.54) is 6.07 Å². The molecule has 0 fully saturated rings. The van der Waals surface area contributed by atoms with Crippen LogP contribution in [-0.4, -0.2) is 17.5 Å². The minimum absolute atomic E-state index is 0. The predicted octanol–water partition coefficient (Wildman–Crippen LogP) is 4.45. The Bertz CT molecular complexity index is 912. The number of fused-ring (bicyclic) bond motifs is 1. The van der Waals surface area contributed by atoms with Crippen molar-refractivity contribution in [1.82, 2.24) is 0 Å². The molecule has 0 spiro atoms. The summed E-state index contributed by atoms with van der Waals surface area (Å²) in [6.07, 6.45) is 2.53. The minimum Gasteiger partial charge on any atom is -0.384 e. The fourth-order valence-corrected chi connectivity index (χ4v) is 3.52. The maximum absolute atomic E-state index is 12.5. The van der Waals surface area contributed by atoms with E-state index in [0.29, 0.717) is 16.8 Å². The van der Waals surface area contributed by atoms with Crippen LogP contribution in [0.15, 0.2) is 36.4 Å². The number of nitrogens with two attached hydrogens (primary N) is 1. The number of ketones is 1. The highest BCUT2D eigenvalue weighted by molar-refractivity contribution is 6.34. The van der Waals surface area contributed by atoms with E-state index >= 15 is 0 Å². The molecule has 0 saturated heterocycles. The number of anilines is 1. The predicted molar refractivity (Wildman–Crippen MR) is 111 cm³/mol. The van der Waals surface area contributed by atoms with E-state index in [2.05, 4.69) is 5.32 Å². The number of Topliss-reactive ketones (excluding diaryl/α,β-unsaturated/α-hetero) is 1. The highest BCUT2D eigenvalue weighted by Gasteiger charge is 2.26. The Morgan fingerprint density at radius 2 is 2.04 bits per heavy atom. The Labute approximate surface area is 169 Å². The molecule has 0 saturated carbocycles. The van der Waals surface area contributed by atoms with Crippen LogP contribution in [0.1, 0.15) is 51.6 Å². The third kappa shape index (κ3) is 4.31. The van der Waals surface area contributed by atoms with Crippen LogP contribution < -0.4 is 11.1 Å². The quantitative estimate of drug-likeness (QED) is 0.517. The van der Waals surface area contributed by atoms with Crippen LogP contribution in [-0.2, 0) is 6.42 Å². The van der Waals surface area contributed by atoms with Gasteiger partial charge in [0.2, 0.25) is 0 Å². The Kier molecular flexibility index (Phi) is 6.63. The van der Waals surface area contributed by atoms with E-state index in [1.54, 1.807) is 24.3 Å². The van der Waals surface area contributed by atoms with E-state index in [4.69, 9.17) is 22.7 Å². The molecule has 27 heavy (non-hydrogen) atoms. The van der Waals surface area contributed by atoms with Gasteiger partial charge in [0, 0.05) is 22.7 Å². The third-order valence-corrected chi connectivity index (χ3v) is 5.09. The van der Waals surface area contributed by atoms with Gasteiger partial charge in [0.25, 0.3) is 5.91 Å². The molecule has 0 aromatic heterocycles. The van der Waals surface area contributed by atoms with Crippen molar-refractivity contribution in [3.05, 3.63) is 63.7 Å². The van der Waals surface area contributed by atoms with Crippen molar-refractivity contribution in [2.75, 3.05) is 5.32 Å². The molecule has 4 N–H and O–H groups in total. The van der Waals surface area contributed by atoms with Gasteiger partial charge in [0.05, 0.1) is 10.6 Å². The van der Waals surface area contributed by atoms with Gasteiger partial charge < -0.3 is 11.1 Å². The standard InChI is InChI=1S/C20H20ClN3O2.ClH/c1-2-11-3-4-12-9-14(6-8-15(12)18(11)25)24-20(26)16-7-5-13(19(22)23)10-17(16)21;/h5-11H,2-4H2,1H3,(H3,22,23)(H,24,26);1H. The van der Waals surface area contributed by atoms with E-state index in [1.807, 2.05) is 13.0 Å². The maximum Gasteiger partial charge on any atom is 0.257 e. The molecular weight excluding hydrogens is 385 g/mol. The summed E-state index contributed by atoms with van der Waals surface area (Å²) in [5.41, 5.74) is 8.54. The summed E-state index contributed by atoms with van der Waals surface area (Å²) in [6, 6.07) is 10.0. The summed E-state index contributed by atoms with van der Waals surface area (Å²) in [7, 11) is 0. The number of carbonyl (C=O) groups excluding carboxylic acids is 2. The lowest BCUT2D eigenvalue weighted by molar-refractivity contribution is 0.0898. The number of halogens is 2. The van der Waals surface area contributed by atoms with E-state index in [0.717, 1.165) is 30.4 Å². The number of nitrogens with one attached hydrogen (secondary N) is 2. The lowest BCUT2D eigenvalue weighted by Gasteiger charge is -2.22. The van der Waals surface area contributed by atoms with Crippen molar-refractivity contribution in [1.29, 1.82) is 5.41 Å². The molecule has 2 aromatic rings. The number of nitrogen functional groups attached to an aromatic ring is 1. The second kappa shape index (κ2) is 8.55. The normalized spacial score (nSPS) is 15.5. The van der Waals surface area contributed by atoms with Crippen LogP contribution >= 0.6 is 24.0 Å². The second-order valence-electron chi connectivity index (χ2n) is 6.44. The third-order valence-electron chi connectivity index (χ3n) is 4.78. The molecule has 0 aliphatic heterocycles. The number of benzene rings is 2. The first-order valence-electron chi connectivity index (χ1n) is 8.53. The molecular formula is C20H21Cl2N3O2. The molecule has 7 heteroatoms. The van der Waals surface area contributed by atoms with Gasteiger partial charge in [-0.05, 0) is 55.2 Å². The van der Waals surface area contributed by atoms with Gasteiger partial charge in [-0.25, -0.2) is 0 Å². The summed E-state index contributed by atoms with van der Waals surface area (Å²) in [5.74, 6) is -0.168. The van der Waals surface area contributed by atoms with E-state index in [-0.39, 0.29) is 40.9 Å². The summed E-state index contributed by atoms with van der Waals surface area (Å²) < 4.78 is 0.